The van der Waals surface area contributed by atoms with Crippen molar-refractivity contribution in [2.45, 2.75) is 31.9 Å². The molecule has 1 N–H and O–H groups in total. The van der Waals surface area contributed by atoms with Crippen LogP contribution in [0.4, 0.5) is 4.39 Å². The predicted octanol–water partition coefficient (Wildman–Crippen LogP) is 2.30. The van der Waals surface area contributed by atoms with Gasteiger partial charge in [0.1, 0.15) is 5.82 Å². The summed E-state index contributed by atoms with van der Waals surface area (Å²) in [6, 6.07) is 1.63. The van der Waals surface area contributed by atoms with Gasteiger partial charge in [-0.1, -0.05) is 0 Å². The number of nitrogens with one attached hydrogen (secondary N) is 1. The molecule has 1 aromatic heterocycles. The second-order valence-electron chi connectivity index (χ2n) is 4.42. The maximum Gasteiger partial charge on any atom is 0.146 e. The third-order valence-electron chi connectivity index (χ3n) is 3.22. The Hall–Kier alpha value is -1.00. The molecular formula is C13H19FN2O. The van der Waals surface area contributed by atoms with E-state index >= 15 is 0 Å². The van der Waals surface area contributed by atoms with Crippen molar-refractivity contribution in [2.75, 3.05) is 13.7 Å². The molecule has 0 saturated heterocycles. The summed E-state index contributed by atoms with van der Waals surface area (Å²) in [6.07, 6.45) is 5.29. The minimum atomic E-state index is -0.266. The fourth-order valence-corrected chi connectivity index (χ4v) is 2.26. The molecule has 1 saturated carbocycles. The molecule has 0 aliphatic heterocycles. The van der Waals surface area contributed by atoms with Gasteiger partial charge in [-0.25, -0.2) is 4.39 Å². The van der Waals surface area contributed by atoms with Crippen LogP contribution in [-0.2, 0) is 4.74 Å². The first-order valence-electron chi connectivity index (χ1n) is 6.16. The van der Waals surface area contributed by atoms with Crippen molar-refractivity contribution >= 4 is 0 Å². The fraction of sp³-hybridized carbons (Fsp3) is 0.615. The van der Waals surface area contributed by atoms with E-state index < -0.39 is 0 Å². The summed E-state index contributed by atoms with van der Waals surface area (Å²) in [5.74, 6) is 0.289. The van der Waals surface area contributed by atoms with Crippen molar-refractivity contribution in [1.82, 2.24) is 10.3 Å². The summed E-state index contributed by atoms with van der Waals surface area (Å²) < 4.78 is 19.5. The van der Waals surface area contributed by atoms with Gasteiger partial charge in [-0.15, -0.1) is 0 Å². The van der Waals surface area contributed by atoms with E-state index in [-0.39, 0.29) is 18.0 Å². The van der Waals surface area contributed by atoms with Gasteiger partial charge in [-0.3, -0.25) is 4.98 Å². The molecule has 94 valence electrons. The van der Waals surface area contributed by atoms with Gasteiger partial charge >= 0.3 is 0 Å². The molecule has 2 unspecified atom stereocenters. The zero-order valence-corrected chi connectivity index (χ0v) is 10.3. The lowest BCUT2D eigenvalue weighted by molar-refractivity contribution is 0.0196. The highest BCUT2D eigenvalue weighted by atomic mass is 19.1. The Morgan fingerprint density at radius 2 is 2.35 bits per heavy atom. The molecule has 1 aliphatic rings. The molecule has 1 aromatic rings. The van der Waals surface area contributed by atoms with Crippen molar-refractivity contribution < 1.29 is 9.13 Å². The molecule has 3 nitrogen and oxygen atoms in total. The number of hydrogen-bond acceptors (Lipinski definition) is 3. The number of halogens is 1. The van der Waals surface area contributed by atoms with Crippen LogP contribution in [0.3, 0.4) is 0 Å². The van der Waals surface area contributed by atoms with Gasteiger partial charge in [0, 0.05) is 18.4 Å². The van der Waals surface area contributed by atoms with Crippen LogP contribution in [0.5, 0.6) is 0 Å². The topological polar surface area (TPSA) is 34.1 Å². The second kappa shape index (κ2) is 5.56. The number of aromatic nitrogens is 1. The van der Waals surface area contributed by atoms with Crippen LogP contribution in [0.15, 0.2) is 18.5 Å². The molecule has 17 heavy (non-hydrogen) atoms. The molecule has 4 heteroatoms. The number of rotatable bonds is 6. The van der Waals surface area contributed by atoms with Crippen LogP contribution in [0.1, 0.15) is 31.4 Å². The number of likely N-dealkylation sites (N-methyl/N-ethyl adjacent to an activating group) is 1. The monoisotopic (exact) mass is 238 g/mol. The Morgan fingerprint density at radius 3 is 2.88 bits per heavy atom. The lowest BCUT2D eigenvalue weighted by atomic mass is 9.98. The van der Waals surface area contributed by atoms with Crippen LogP contribution >= 0.6 is 0 Å². The van der Waals surface area contributed by atoms with E-state index in [2.05, 4.69) is 10.3 Å². The highest BCUT2D eigenvalue weighted by Crippen LogP contribution is 2.40. The molecule has 0 spiro atoms. The van der Waals surface area contributed by atoms with Gasteiger partial charge in [0.15, 0.2) is 0 Å². The van der Waals surface area contributed by atoms with Gasteiger partial charge in [0.2, 0.25) is 0 Å². The smallest absolute Gasteiger partial charge is 0.146 e. The summed E-state index contributed by atoms with van der Waals surface area (Å²) in [5.41, 5.74) is 0.646. The molecule has 1 fully saturated rings. The third-order valence-corrected chi connectivity index (χ3v) is 3.22. The molecule has 2 atom stereocenters. The first-order valence-corrected chi connectivity index (χ1v) is 6.16. The largest absolute Gasteiger partial charge is 0.376 e. The van der Waals surface area contributed by atoms with Gasteiger partial charge in [0.25, 0.3) is 0 Å². The first-order chi connectivity index (χ1) is 8.27. The summed E-state index contributed by atoms with van der Waals surface area (Å²) in [4.78, 5) is 3.78. The first kappa shape index (κ1) is 12.5. The molecule has 0 amide bonds. The lowest BCUT2D eigenvalue weighted by Crippen LogP contribution is -2.34. The Kier molecular flexibility index (Phi) is 4.07. The van der Waals surface area contributed by atoms with Crippen molar-refractivity contribution in [3.63, 3.8) is 0 Å². The molecule has 2 rings (SSSR count). The number of pyridine rings is 1. The van der Waals surface area contributed by atoms with Crippen LogP contribution in [-0.4, -0.2) is 24.7 Å². The number of nitrogens with zero attached hydrogens (tertiary/aromatic N) is 1. The zero-order chi connectivity index (χ0) is 12.3. The molecular weight excluding hydrogens is 219 g/mol. The van der Waals surface area contributed by atoms with Crippen molar-refractivity contribution in [3.8, 4) is 0 Å². The van der Waals surface area contributed by atoms with Crippen molar-refractivity contribution in [1.29, 1.82) is 0 Å². The van der Waals surface area contributed by atoms with Crippen LogP contribution < -0.4 is 5.32 Å². The van der Waals surface area contributed by atoms with Crippen LogP contribution in [0.25, 0.3) is 0 Å². The standard InChI is InChI=1S/C13H19FN2O/c1-3-17-13(9-4-5-9)12(15-2)10-6-7-16-8-11(10)14/h6-9,12-13,15H,3-5H2,1-2H3. The maximum atomic E-state index is 13.8. The van der Waals surface area contributed by atoms with E-state index in [0.29, 0.717) is 18.1 Å². The van der Waals surface area contributed by atoms with Gasteiger partial charge in [-0.2, -0.15) is 0 Å². The minimum absolute atomic E-state index is 0.0573. The predicted molar refractivity (Wildman–Crippen MR) is 64.1 cm³/mol. The molecule has 0 bridgehead atoms. The fourth-order valence-electron chi connectivity index (χ4n) is 2.26. The molecule has 0 radical (unpaired) electrons. The van der Waals surface area contributed by atoms with E-state index in [1.807, 2.05) is 14.0 Å². The van der Waals surface area contributed by atoms with E-state index in [9.17, 15) is 4.39 Å². The van der Waals surface area contributed by atoms with Crippen LogP contribution in [0, 0.1) is 11.7 Å². The highest BCUT2D eigenvalue weighted by molar-refractivity contribution is 5.19. The molecule has 0 aromatic carbocycles. The number of hydrogen-bond donors (Lipinski definition) is 1. The van der Waals surface area contributed by atoms with Crippen LogP contribution in [0.2, 0.25) is 0 Å². The summed E-state index contributed by atoms with van der Waals surface area (Å²) in [5, 5.41) is 3.17. The summed E-state index contributed by atoms with van der Waals surface area (Å²) in [7, 11) is 1.85. The Morgan fingerprint density at radius 1 is 1.59 bits per heavy atom. The van der Waals surface area contributed by atoms with E-state index in [1.54, 1.807) is 12.3 Å². The Labute approximate surface area is 101 Å². The Bertz CT molecular complexity index is 368. The van der Waals surface area contributed by atoms with E-state index in [1.165, 1.54) is 19.0 Å². The van der Waals surface area contributed by atoms with E-state index in [0.717, 1.165) is 0 Å². The average Bonchev–Trinajstić information content (AvgIpc) is 3.15. The van der Waals surface area contributed by atoms with E-state index in [4.69, 9.17) is 4.74 Å². The lowest BCUT2D eigenvalue weighted by Gasteiger charge is -2.27. The van der Waals surface area contributed by atoms with Gasteiger partial charge < -0.3 is 10.1 Å². The maximum absolute atomic E-state index is 13.8. The summed E-state index contributed by atoms with van der Waals surface area (Å²) in [6.45, 7) is 2.64. The molecule has 1 heterocycles. The quantitative estimate of drug-likeness (QED) is 0.825. The average molecular weight is 238 g/mol. The number of ether oxygens (including phenoxy) is 1. The SMILES string of the molecule is CCOC(C1CC1)C(NC)c1ccncc1F. The molecule has 1 aliphatic carbocycles. The highest BCUT2D eigenvalue weighted by Gasteiger charge is 2.38. The second-order valence-corrected chi connectivity index (χ2v) is 4.42. The Balaban J connectivity index is 2.21. The van der Waals surface area contributed by atoms with Crippen molar-refractivity contribution in [2.24, 2.45) is 5.92 Å². The third kappa shape index (κ3) is 2.82. The van der Waals surface area contributed by atoms with Gasteiger partial charge in [0.05, 0.1) is 18.3 Å². The normalized spacial score (nSPS) is 19.0. The minimum Gasteiger partial charge on any atom is -0.376 e. The van der Waals surface area contributed by atoms with Gasteiger partial charge in [-0.05, 0) is 38.8 Å². The summed E-state index contributed by atoms with van der Waals surface area (Å²) >= 11 is 0. The zero-order valence-electron chi connectivity index (χ0n) is 10.3. The van der Waals surface area contributed by atoms with Crippen molar-refractivity contribution in [3.05, 3.63) is 29.8 Å².